The molecule has 3 aromatic rings. The van der Waals surface area contributed by atoms with E-state index in [1.165, 1.54) is 31.2 Å². The fourth-order valence-corrected chi connectivity index (χ4v) is 6.00. The first-order chi connectivity index (χ1) is 18.9. The summed E-state index contributed by atoms with van der Waals surface area (Å²) in [5, 5.41) is 10.3. The van der Waals surface area contributed by atoms with E-state index >= 15 is 0 Å². The lowest BCUT2D eigenvalue weighted by Crippen LogP contribution is -2.66. The van der Waals surface area contributed by atoms with Crippen molar-refractivity contribution in [1.29, 1.82) is 0 Å². The van der Waals surface area contributed by atoms with Gasteiger partial charge in [0.25, 0.3) is 11.8 Å². The minimum absolute atomic E-state index is 0.105. The Kier molecular flexibility index (Phi) is 8.08. The van der Waals surface area contributed by atoms with Gasteiger partial charge in [0.15, 0.2) is 6.10 Å². The lowest BCUT2D eigenvalue weighted by Gasteiger charge is -2.47. The molecule has 8 nitrogen and oxygen atoms in total. The number of hydrogen-bond acceptors (Lipinski definition) is 8. The molecule has 2 amide bonds. The number of aliphatic hydroxyl groups excluding tert-OH is 1. The molecule has 0 aromatic heterocycles. The molecule has 10 heteroatoms. The van der Waals surface area contributed by atoms with Crippen molar-refractivity contribution >= 4 is 29.5 Å². The van der Waals surface area contributed by atoms with E-state index in [9.17, 15) is 23.9 Å². The van der Waals surface area contributed by atoms with Crippen molar-refractivity contribution in [3.8, 4) is 0 Å². The number of fused-ring (bicyclic) bond motifs is 1. The molecule has 0 saturated carbocycles. The molecule has 202 valence electrons. The van der Waals surface area contributed by atoms with Crippen LogP contribution in [0, 0.1) is 5.82 Å². The van der Waals surface area contributed by atoms with Crippen LogP contribution in [0.3, 0.4) is 0 Å². The number of thioether (sulfide) groups is 1. The first-order valence-corrected chi connectivity index (χ1v) is 13.2. The predicted octanol–water partition coefficient (Wildman–Crippen LogP) is 3.82. The van der Waals surface area contributed by atoms with Gasteiger partial charge in [0.2, 0.25) is 0 Å². The first kappa shape index (κ1) is 27.0. The average Bonchev–Trinajstić information content (AvgIpc) is 3.19. The highest BCUT2D eigenvalue weighted by Gasteiger charge is 2.55. The monoisotopic (exact) mass is 551 g/mol. The molecule has 1 fully saturated rings. The number of ether oxygens (including phenoxy) is 3. The molecule has 0 radical (unpaired) electrons. The molecule has 1 N–H and O–H groups in total. The zero-order valence-corrected chi connectivity index (χ0v) is 21.8. The minimum Gasteiger partial charge on any atom is -0.457 e. The predicted molar refractivity (Wildman–Crippen MR) is 139 cm³/mol. The van der Waals surface area contributed by atoms with Crippen molar-refractivity contribution in [2.24, 2.45) is 0 Å². The summed E-state index contributed by atoms with van der Waals surface area (Å²) < 4.78 is 31.8. The average molecular weight is 552 g/mol. The molecule has 0 bridgehead atoms. The van der Waals surface area contributed by atoms with Crippen LogP contribution in [0.5, 0.6) is 0 Å². The summed E-state index contributed by atoms with van der Waals surface area (Å²) in [6.45, 7) is 0.847. The van der Waals surface area contributed by atoms with Crippen molar-refractivity contribution in [1.82, 2.24) is 4.90 Å². The van der Waals surface area contributed by atoms with Gasteiger partial charge in [-0.3, -0.25) is 19.3 Å². The van der Waals surface area contributed by atoms with Gasteiger partial charge in [-0.2, -0.15) is 0 Å². The second-order valence-corrected chi connectivity index (χ2v) is 10.3. The molecular weight excluding hydrogens is 525 g/mol. The summed E-state index contributed by atoms with van der Waals surface area (Å²) in [5.41, 5.74) is 0.299. The maximum Gasteiger partial charge on any atom is 0.303 e. The third-order valence-corrected chi connectivity index (χ3v) is 7.74. The number of amides is 2. The number of benzene rings is 3. The second-order valence-electron chi connectivity index (χ2n) is 9.15. The van der Waals surface area contributed by atoms with E-state index in [0.717, 1.165) is 22.2 Å². The van der Waals surface area contributed by atoms with Crippen molar-refractivity contribution in [2.45, 2.75) is 48.2 Å². The van der Waals surface area contributed by atoms with Crippen molar-refractivity contribution in [3.63, 3.8) is 0 Å². The zero-order chi connectivity index (χ0) is 27.5. The molecule has 3 aromatic carbocycles. The number of aliphatic hydroxyl groups is 1. The largest absolute Gasteiger partial charge is 0.457 e. The number of carbonyl (C=O) groups excluding carboxylic acids is 3. The van der Waals surface area contributed by atoms with E-state index in [-0.39, 0.29) is 17.7 Å². The molecule has 1 saturated heterocycles. The topological polar surface area (TPSA) is 102 Å². The van der Waals surface area contributed by atoms with Gasteiger partial charge in [-0.15, -0.1) is 0 Å². The number of carbonyl (C=O) groups is 3. The third-order valence-electron chi connectivity index (χ3n) is 6.57. The van der Waals surface area contributed by atoms with E-state index in [0.29, 0.717) is 4.90 Å². The maximum absolute atomic E-state index is 13.6. The summed E-state index contributed by atoms with van der Waals surface area (Å²) in [5.74, 6) is -2.20. The Labute approximate surface area is 228 Å². The highest BCUT2D eigenvalue weighted by Crippen LogP contribution is 2.41. The molecule has 39 heavy (non-hydrogen) atoms. The lowest BCUT2D eigenvalue weighted by atomic mass is 9.96. The molecule has 2 aliphatic heterocycles. The van der Waals surface area contributed by atoms with Crippen molar-refractivity contribution < 1.29 is 38.1 Å². The Morgan fingerprint density at radius 3 is 2.15 bits per heavy atom. The number of rotatable bonds is 8. The minimum atomic E-state index is -1.17. The van der Waals surface area contributed by atoms with E-state index in [1.807, 2.05) is 30.3 Å². The highest BCUT2D eigenvalue weighted by atomic mass is 32.2. The molecule has 0 spiro atoms. The molecule has 2 unspecified atom stereocenters. The van der Waals surface area contributed by atoms with Gasteiger partial charge in [-0.1, -0.05) is 54.2 Å². The maximum atomic E-state index is 13.6. The van der Waals surface area contributed by atoms with E-state index in [1.54, 1.807) is 24.3 Å². The summed E-state index contributed by atoms with van der Waals surface area (Å²) >= 11 is 1.12. The van der Waals surface area contributed by atoms with Crippen LogP contribution in [0.1, 0.15) is 33.2 Å². The standard InChI is InChI=1S/C29H26FNO7S/c1-17(33)37-26-24(31-27(34)21-9-5-6-10-22(21)28(31)35)29(39-20-13-11-19(30)12-14-20)38-23(15-32)25(26)36-16-18-7-3-2-4-8-18/h2-14,23-26,29,32H,15-16H2,1H3/t23?,24-,25+,26+,29?/m0/s1. The fourth-order valence-electron chi connectivity index (χ4n) is 4.83. The van der Waals surface area contributed by atoms with Crippen LogP contribution in [0.4, 0.5) is 4.39 Å². The summed E-state index contributed by atoms with van der Waals surface area (Å²) in [7, 11) is 0. The normalized spacial score (nSPS) is 24.5. The number of nitrogens with zero attached hydrogens (tertiary/aromatic N) is 1. The van der Waals surface area contributed by atoms with Gasteiger partial charge in [0.1, 0.15) is 29.5 Å². The van der Waals surface area contributed by atoms with Crippen LogP contribution in [0.25, 0.3) is 0 Å². The van der Waals surface area contributed by atoms with Gasteiger partial charge < -0.3 is 19.3 Å². The van der Waals surface area contributed by atoms with Gasteiger partial charge >= 0.3 is 5.97 Å². The van der Waals surface area contributed by atoms with Crippen LogP contribution >= 0.6 is 11.8 Å². The Morgan fingerprint density at radius 1 is 0.949 bits per heavy atom. The SMILES string of the molecule is CC(=O)O[C@H]1[C@H](OCc2ccccc2)C(CO)OC(Sc2ccc(F)cc2)[C@H]1N1C(=O)c2ccccc2C1=O. The van der Waals surface area contributed by atoms with Crippen LogP contribution in [0.2, 0.25) is 0 Å². The van der Waals surface area contributed by atoms with Crippen molar-refractivity contribution in [2.75, 3.05) is 6.61 Å². The molecular formula is C29H26FNO7S. The second kappa shape index (κ2) is 11.7. The zero-order valence-electron chi connectivity index (χ0n) is 20.9. The van der Waals surface area contributed by atoms with Gasteiger partial charge in [-0.25, -0.2) is 4.39 Å². The summed E-state index contributed by atoms with van der Waals surface area (Å²) in [6, 6.07) is 20.2. The molecule has 0 aliphatic carbocycles. The molecule has 2 aliphatic rings. The molecule has 2 heterocycles. The van der Waals surface area contributed by atoms with Gasteiger partial charge in [-0.05, 0) is 42.0 Å². The quantitative estimate of drug-likeness (QED) is 0.333. The van der Waals surface area contributed by atoms with Gasteiger partial charge in [0.05, 0.1) is 24.3 Å². The Hall–Kier alpha value is -3.57. The first-order valence-electron chi connectivity index (χ1n) is 12.4. The number of imide groups is 1. The lowest BCUT2D eigenvalue weighted by molar-refractivity contribution is -0.216. The smallest absolute Gasteiger partial charge is 0.303 e. The van der Waals surface area contributed by atoms with E-state index in [4.69, 9.17) is 14.2 Å². The third kappa shape index (κ3) is 5.60. The van der Waals surface area contributed by atoms with E-state index < -0.39 is 60.0 Å². The molecule has 5 atom stereocenters. The van der Waals surface area contributed by atoms with Crippen LogP contribution in [-0.4, -0.2) is 64.2 Å². The highest BCUT2D eigenvalue weighted by molar-refractivity contribution is 7.99. The Morgan fingerprint density at radius 2 is 1.56 bits per heavy atom. The van der Waals surface area contributed by atoms with Crippen LogP contribution in [0.15, 0.2) is 83.8 Å². The van der Waals surface area contributed by atoms with Crippen LogP contribution < -0.4 is 0 Å². The van der Waals surface area contributed by atoms with E-state index in [2.05, 4.69) is 0 Å². The van der Waals surface area contributed by atoms with Crippen molar-refractivity contribution in [3.05, 3.63) is 101 Å². The molecule has 5 rings (SSSR count). The van der Waals surface area contributed by atoms with Gasteiger partial charge in [0, 0.05) is 11.8 Å². The fraction of sp³-hybridized carbons (Fsp3) is 0.276. The summed E-state index contributed by atoms with van der Waals surface area (Å²) in [4.78, 5) is 41.1. The Balaban J connectivity index is 1.55. The number of esters is 1. The Bertz CT molecular complexity index is 1320. The number of halogens is 1. The van der Waals surface area contributed by atoms with Crippen LogP contribution in [-0.2, 0) is 25.6 Å². The summed E-state index contributed by atoms with van der Waals surface area (Å²) in [6.07, 6.45) is -3.14. The number of hydrogen-bond donors (Lipinski definition) is 1.